The van der Waals surface area contributed by atoms with Crippen LogP contribution in [0.4, 0.5) is 4.39 Å². The second-order valence-corrected chi connectivity index (χ2v) is 4.04. The number of rotatable bonds is 1. The lowest BCUT2D eigenvalue weighted by Crippen LogP contribution is -1.79. The zero-order chi connectivity index (χ0) is 10.8. The van der Waals surface area contributed by atoms with Crippen LogP contribution in [0.15, 0.2) is 42.5 Å². The van der Waals surface area contributed by atoms with Crippen molar-refractivity contribution in [1.29, 1.82) is 0 Å². The molecule has 0 saturated heterocycles. The third-order valence-electron chi connectivity index (χ3n) is 2.04. The monoisotopic (exact) mass is 240 g/mol. The summed E-state index contributed by atoms with van der Waals surface area (Å²) in [4.78, 5) is 0. The third-order valence-corrected chi connectivity index (χ3v) is 2.48. The van der Waals surface area contributed by atoms with Crippen LogP contribution in [0.3, 0.4) is 0 Å². The zero-order valence-electron chi connectivity index (χ0n) is 7.68. The summed E-state index contributed by atoms with van der Waals surface area (Å²) < 4.78 is 12.7. The predicted octanol–water partition coefficient (Wildman–Crippen LogP) is 4.80. The van der Waals surface area contributed by atoms with Crippen molar-refractivity contribution >= 4 is 23.2 Å². The molecule has 0 aromatic heterocycles. The van der Waals surface area contributed by atoms with Crippen molar-refractivity contribution in [2.24, 2.45) is 0 Å². The van der Waals surface area contributed by atoms with E-state index in [1.54, 1.807) is 30.3 Å². The van der Waals surface area contributed by atoms with Crippen molar-refractivity contribution < 1.29 is 4.39 Å². The van der Waals surface area contributed by atoms with Crippen LogP contribution in [0, 0.1) is 5.82 Å². The van der Waals surface area contributed by atoms with Gasteiger partial charge in [-0.05, 0) is 41.5 Å². The van der Waals surface area contributed by atoms with E-state index in [0.29, 0.717) is 10.0 Å². The van der Waals surface area contributed by atoms with Crippen molar-refractivity contribution in [3.63, 3.8) is 0 Å². The minimum atomic E-state index is -0.258. The molecular formula is C12H7Cl2F. The highest BCUT2D eigenvalue weighted by molar-refractivity contribution is 6.35. The van der Waals surface area contributed by atoms with Crippen LogP contribution in [0.25, 0.3) is 11.1 Å². The van der Waals surface area contributed by atoms with Gasteiger partial charge in [0, 0.05) is 10.0 Å². The Balaban J connectivity index is 2.49. The Morgan fingerprint density at radius 2 is 1.27 bits per heavy atom. The van der Waals surface area contributed by atoms with Gasteiger partial charge in [-0.2, -0.15) is 0 Å². The van der Waals surface area contributed by atoms with Crippen LogP contribution >= 0.6 is 23.2 Å². The van der Waals surface area contributed by atoms with Crippen LogP contribution < -0.4 is 0 Å². The van der Waals surface area contributed by atoms with E-state index < -0.39 is 0 Å². The quantitative estimate of drug-likeness (QED) is 0.672. The summed E-state index contributed by atoms with van der Waals surface area (Å²) in [5, 5.41) is 1.14. The van der Waals surface area contributed by atoms with Gasteiger partial charge in [-0.25, -0.2) is 4.39 Å². The maximum atomic E-state index is 12.7. The van der Waals surface area contributed by atoms with E-state index in [9.17, 15) is 4.39 Å². The second kappa shape index (κ2) is 4.21. The molecule has 0 fully saturated rings. The Morgan fingerprint density at radius 1 is 0.733 bits per heavy atom. The average molecular weight is 241 g/mol. The van der Waals surface area contributed by atoms with Gasteiger partial charge in [0.05, 0.1) is 0 Å². The second-order valence-electron chi connectivity index (χ2n) is 3.17. The molecule has 2 aromatic carbocycles. The number of benzene rings is 2. The predicted molar refractivity (Wildman–Crippen MR) is 61.9 cm³/mol. The lowest BCUT2D eigenvalue weighted by molar-refractivity contribution is 0.628. The van der Waals surface area contributed by atoms with Crippen molar-refractivity contribution in [3.8, 4) is 11.1 Å². The molecule has 0 nitrogen and oxygen atoms in total. The van der Waals surface area contributed by atoms with E-state index >= 15 is 0 Å². The topological polar surface area (TPSA) is 0 Å². The molecule has 2 rings (SSSR count). The highest BCUT2D eigenvalue weighted by Gasteiger charge is 2.01. The highest BCUT2D eigenvalue weighted by atomic mass is 35.5. The van der Waals surface area contributed by atoms with Crippen molar-refractivity contribution in [3.05, 3.63) is 58.3 Å². The van der Waals surface area contributed by atoms with Crippen molar-refractivity contribution in [1.82, 2.24) is 0 Å². The Bertz CT molecular complexity index is 457. The molecule has 0 atom stereocenters. The maximum absolute atomic E-state index is 12.7. The van der Waals surface area contributed by atoms with E-state index in [4.69, 9.17) is 23.2 Å². The van der Waals surface area contributed by atoms with Crippen LogP contribution in [0.5, 0.6) is 0 Å². The Labute approximate surface area is 97.3 Å². The summed E-state index contributed by atoms with van der Waals surface area (Å²) in [7, 11) is 0. The third kappa shape index (κ3) is 2.49. The molecule has 0 heterocycles. The molecule has 0 spiro atoms. The molecule has 15 heavy (non-hydrogen) atoms. The molecule has 3 heteroatoms. The molecule has 0 saturated carbocycles. The Kier molecular flexibility index (Phi) is 2.94. The molecule has 0 aliphatic rings. The SMILES string of the molecule is Fc1ccc(-c2cc(Cl)cc(Cl)c2)cc1. The molecule has 0 N–H and O–H groups in total. The average Bonchev–Trinajstić information content (AvgIpc) is 2.17. The van der Waals surface area contributed by atoms with Gasteiger partial charge in [-0.1, -0.05) is 35.3 Å². The largest absolute Gasteiger partial charge is 0.207 e. The molecule has 0 aliphatic heterocycles. The lowest BCUT2D eigenvalue weighted by Gasteiger charge is -2.03. The summed E-state index contributed by atoms with van der Waals surface area (Å²) in [5.41, 5.74) is 1.77. The number of hydrogen-bond donors (Lipinski definition) is 0. The van der Waals surface area contributed by atoms with Gasteiger partial charge >= 0.3 is 0 Å². The number of hydrogen-bond acceptors (Lipinski definition) is 0. The molecule has 0 radical (unpaired) electrons. The fourth-order valence-electron chi connectivity index (χ4n) is 1.36. The Morgan fingerprint density at radius 3 is 1.80 bits per heavy atom. The fourth-order valence-corrected chi connectivity index (χ4v) is 1.89. The molecule has 0 bridgehead atoms. The van der Waals surface area contributed by atoms with Crippen LogP contribution in [0.1, 0.15) is 0 Å². The van der Waals surface area contributed by atoms with Gasteiger partial charge in [-0.15, -0.1) is 0 Å². The molecule has 76 valence electrons. The van der Waals surface area contributed by atoms with Gasteiger partial charge < -0.3 is 0 Å². The molecular weight excluding hydrogens is 234 g/mol. The first-order valence-electron chi connectivity index (χ1n) is 4.37. The molecule has 0 aliphatic carbocycles. The summed E-state index contributed by atoms with van der Waals surface area (Å²) in [6.07, 6.45) is 0. The number of halogens is 3. The van der Waals surface area contributed by atoms with E-state index in [1.165, 1.54) is 12.1 Å². The summed E-state index contributed by atoms with van der Waals surface area (Å²) in [6.45, 7) is 0. The molecule has 2 aromatic rings. The van der Waals surface area contributed by atoms with E-state index in [0.717, 1.165) is 11.1 Å². The Hall–Kier alpha value is -1.05. The molecule has 0 amide bonds. The summed E-state index contributed by atoms with van der Waals surface area (Å²) in [5.74, 6) is -0.258. The van der Waals surface area contributed by atoms with Crippen molar-refractivity contribution in [2.75, 3.05) is 0 Å². The van der Waals surface area contributed by atoms with Gasteiger partial charge in [-0.3, -0.25) is 0 Å². The summed E-state index contributed by atoms with van der Waals surface area (Å²) >= 11 is 11.7. The van der Waals surface area contributed by atoms with Crippen molar-refractivity contribution in [2.45, 2.75) is 0 Å². The minimum Gasteiger partial charge on any atom is -0.207 e. The van der Waals surface area contributed by atoms with E-state index in [2.05, 4.69) is 0 Å². The van der Waals surface area contributed by atoms with Gasteiger partial charge in [0.15, 0.2) is 0 Å². The first-order valence-corrected chi connectivity index (χ1v) is 5.13. The standard InChI is InChI=1S/C12H7Cl2F/c13-10-5-9(6-11(14)7-10)8-1-3-12(15)4-2-8/h1-7H. The zero-order valence-corrected chi connectivity index (χ0v) is 9.19. The van der Waals surface area contributed by atoms with E-state index in [-0.39, 0.29) is 5.82 Å². The van der Waals surface area contributed by atoms with E-state index in [1.807, 2.05) is 0 Å². The lowest BCUT2D eigenvalue weighted by atomic mass is 10.1. The van der Waals surface area contributed by atoms with Gasteiger partial charge in [0.1, 0.15) is 5.82 Å². The maximum Gasteiger partial charge on any atom is 0.123 e. The van der Waals surface area contributed by atoms with Crippen LogP contribution in [0.2, 0.25) is 10.0 Å². The minimum absolute atomic E-state index is 0.258. The van der Waals surface area contributed by atoms with Crippen LogP contribution in [-0.4, -0.2) is 0 Å². The normalized spacial score (nSPS) is 10.3. The molecule has 0 unspecified atom stereocenters. The smallest absolute Gasteiger partial charge is 0.123 e. The van der Waals surface area contributed by atoms with Gasteiger partial charge in [0.25, 0.3) is 0 Å². The highest BCUT2D eigenvalue weighted by Crippen LogP contribution is 2.27. The fraction of sp³-hybridized carbons (Fsp3) is 0. The first kappa shape index (κ1) is 10.5. The first-order chi connectivity index (χ1) is 7.15. The summed E-state index contributed by atoms with van der Waals surface area (Å²) in [6, 6.07) is 11.4. The van der Waals surface area contributed by atoms with Gasteiger partial charge in [0.2, 0.25) is 0 Å². The van der Waals surface area contributed by atoms with Crippen LogP contribution in [-0.2, 0) is 0 Å².